The Morgan fingerprint density at radius 3 is 2.82 bits per heavy atom. The first-order chi connectivity index (χ1) is 8.08. The molecule has 2 N–H and O–H groups in total. The van der Waals surface area contributed by atoms with Crippen molar-refractivity contribution in [2.75, 3.05) is 23.7 Å². The molecule has 0 saturated carbocycles. The van der Waals surface area contributed by atoms with Crippen LogP contribution in [0.25, 0.3) is 0 Å². The van der Waals surface area contributed by atoms with Crippen molar-refractivity contribution >= 4 is 23.0 Å². The number of halogens is 1. The van der Waals surface area contributed by atoms with Crippen LogP contribution in [0.1, 0.15) is 31.7 Å². The fraction of sp³-hybridized carbons (Fsp3) is 0.571. The maximum absolute atomic E-state index is 6.12. The van der Waals surface area contributed by atoms with Crippen LogP contribution in [0.15, 0.2) is 12.1 Å². The van der Waals surface area contributed by atoms with Gasteiger partial charge in [-0.2, -0.15) is 0 Å². The lowest BCUT2D eigenvalue weighted by Crippen LogP contribution is -2.25. The number of nitrogens with zero attached hydrogens (tertiary/aromatic N) is 1. The first-order valence-electron chi connectivity index (χ1n) is 6.38. The number of nitrogens with two attached hydrogens (primary N) is 1. The highest BCUT2D eigenvalue weighted by atomic mass is 35.5. The summed E-state index contributed by atoms with van der Waals surface area (Å²) in [4.78, 5) is 2.45. The van der Waals surface area contributed by atoms with E-state index in [-0.39, 0.29) is 0 Å². The van der Waals surface area contributed by atoms with Crippen LogP contribution in [0.3, 0.4) is 0 Å². The second kappa shape index (κ2) is 5.18. The molecule has 17 heavy (non-hydrogen) atoms. The minimum Gasteiger partial charge on any atom is -0.398 e. The van der Waals surface area contributed by atoms with Crippen molar-refractivity contribution in [2.45, 2.75) is 33.1 Å². The molecule has 2 rings (SSSR count). The van der Waals surface area contributed by atoms with Gasteiger partial charge in [0.1, 0.15) is 0 Å². The monoisotopic (exact) mass is 252 g/mol. The summed E-state index contributed by atoms with van der Waals surface area (Å²) < 4.78 is 0. The number of anilines is 2. The van der Waals surface area contributed by atoms with E-state index >= 15 is 0 Å². The number of rotatable bonds is 1. The van der Waals surface area contributed by atoms with Crippen molar-refractivity contribution in [3.05, 3.63) is 22.7 Å². The lowest BCUT2D eigenvalue weighted by molar-refractivity contribution is 0.521. The van der Waals surface area contributed by atoms with Crippen LogP contribution in [0, 0.1) is 12.8 Å². The number of benzene rings is 1. The molecule has 1 unspecified atom stereocenters. The van der Waals surface area contributed by atoms with Crippen molar-refractivity contribution in [1.29, 1.82) is 0 Å². The Bertz CT molecular complexity index is 403. The molecular formula is C14H21ClN2. The van der Waals surface area contributed by atoms with Crippen molar-refractivity contribution in [3.63, 3.8) is 0 Å². The van der Waals surface area contributed by atoms with Crippen LogP contribution in [0.5, 0.6) is 0 Å². The molecule has 0 amide bonds. The molecule has 3 heteroatoms. The molecule has 0 aliphatic carbocycles. The van der Waals surface area contributed by atoms with E-state index in [1.54, 1.807) is 0 Å². The standard InChI is InChI=1S/C14H21ClN2/c1-10-4-3-6-17(7-5-10)14-9-12(15)13(16)8-11(14)2/h8-10H,3-7,16H2,1-2H3. The Hall–Kier alpha value is -0.890. The van der Waals surface area contributed by atoms with Gasteiger partial charge in [-0.15, -0.1) is 0 Å². The van der Waals surface area contributed by atoms with Gasteiger partial charge in [0.15, 0.2) is 0 Å². The third-order valence-corrected chi connectivity index (χ3v) is 4.00. The van der Waals surface area contributed by atoms with Gasteiger partial charge in [0.05, 0.1) is 10.7 Å². The van der Waals surface area contributed by atoms with Crippen molar-refractivity contribution in [3.8, 4) is 0 Å². The summed E-state index contributed by atoms with van der Waals surface area (Å²) in [7, 11) is 0. The van der Waals surface area contributed by atoms with E-state index in [9.17, 15) is 0 Å². The Morgan fingerprint density at radius 1 is 1.29 bits per heavy atom. The van der Waals surface area contributed by atoms with E-state index in [4.69, 9.17) is 17.3 Å². The summed E-state index contributed by atoms with van der Waals surface area (Å²) >= 11 is 6.12. The summed E-state index contributed by atoms with van der Waals surface area (Å²) in [5, 5.41) is 0.669. The Balaban J connectivity index is 2.24. The molecule has 1 fully saturated rings. The third-order valence-electron chi connectivity index (χ3n) is 3.67. The zero-order valence-corrected chi connectivity index (χ0v) is 11.4. The molecule has 1 aromatic carbocycles. The summed E-state index contributed by atoms with van der Waals surface area (Å²) in [5.74, 6) is 0.838. The van der Waals surface area contributed by atoms with Crippen molar-refractivity contribution in [2.24, 2.45) is 5.92 Å². The third kappa shape index (κ3) is 2.86. The molecule has 0 radical (unpaired) electrons. The quantitative estimate of drug-likeness (QED) is 0.769. The zero-order chi connectivity index (χ0) is 12.4. The molecule has 1 saturated heterocycles. The van der Waals surface area contributed by atoms with Gasteiger partial charge < -0.3 is 10.6 Å². The predicted octanol–water partition coefficient (Wildman–Crippen LogP) is 3.86. The maximum atomic E-state index is 6.12. The Labute approximate surface area is 109 Å². The average Bonchev–Trinajstić information content (AvgIpc) is 2.49. The normalized spacial score (nSPS) is 21.4. The average molecular weight is 253 g/mol. The number of hydrogen-bond donors (Lipinski definition) is 1. The molecule has 1 heterocycles. The fourth-order valence-electron chi connectivity index (χ4n) is 2.54. The second-order valence-electron chi connectivity index (χ2n) is 5.18. The van der Waals surface area contributed by atoms with Crippen molar-refractivity contribution in [1.82, 2.24) is 0 Å². The summed E-state index contributed by atoms with van der Waals surface area (Å²) in [6.07, 6.45) is 3.86. The Kier molecular flexibility index (Phi) is 3.82. The molecule has 1 aliphatic heterocycles. The zero-order valence-electron chi connectivity index (χ0n) is 10.7. The molecule has 2 nitrogen and oxygen atoms in total. The molecule has 1 aromatic rings. The van der Waals surface area contributed by atoms with Gasteiger partial charge in [0.2, 0.25) is 0 Å². The second-order valence-corrected chi connectivity index (χ2v) is 5.59. The first kappa shape index (κ1) is 12.6. The highest BCUT2D eigenvalue weighted by Crippen LogP contribution is 2.31. The SMILES string of the molecule is Cc1cc(N)c(Cl)cc1N1CCCC(C)CC1. The van der Waals surface area contributed by atoms with Crippen LogP contribution in [0.4, 0.5) is 11.4 Å². The van der Waals surface area contributed by atoms with Gasteiger partial charge >= 0.3 is 0 Å². The molecule has 0 bridgehead atoms. The first-order valence-corrected chi connectivity index (χ1v) is 6.76. The highest BCUT2D eigenvalue weighted by molar-refractivity contribution is 6.33. The van der Waals surface area contributed by atoms with E-state index in [1.807, 2.05) is 12.1 Å². The Morgan fingerprint density at radius 2 is 2.06 bits per heavy atom. The van der Waals surface area contributed by atoms with Crippen molar-refractivity contribution < 1.29 is 0 Å². The van der Waals surface area contributed by atoms with Crippen LogP contribution in [-0.4, -0.2) is 13.1 Å². The molecule has 94 valence electrons. The van der Waals surface area contributed by atoms with Crippen LogP contribution in [0.2, 0.25) is 5.02 Å². The van der Waals surface area contributed by atoms with Gasteiger partial charge in [-0.25, -0.2) is 0 Å². The van der Waals surface area contributed by atoms with Crippen LogP contribution < -0.4 is 10.6 Å². The largest absolute Gasteiger partial charge is 0.398 e. The van der Waals surface area contributed by atoms with E-state index in [0.29, 0.717) is 10.7 Å². The highest BCUT2D eigenvalue weighted by Gasteiger charge is 2.16. The van der Waals surface area contributed by atoms with Gasteiger partial charge in [-0.05, 0) is 49.8 Å². The molecule has 0 aromatic heterocycles. The topological polar surface area (TPSA) is 29.3 Å². The number of aryl methyl sites for hydroxylation is 1. The van der Waals surface area contributed by atoms with E-state index in [1.165, 1.54) is 30.5 Å². The summed E-state index contributed by atoms with van der Waals surface area (Å²) in [5.41, 5.74) is 8.97. The van der Waals surface area contributed by atoms with Crippen LogP contribution in [-0.2, 0) is 0 Å². The predicted molar refractivity (Wildman–Crippen MR) is 75.8 cm³/mol. The molecule has 1 atom stereocenters. The van der Waals surface area contributed by atoms with E-state index < -0.39 is 0 Å². The lowest BCUT2D eigenvalue weighted by atomic mass is 10.0. The van der Waals surface area contributed by atoms with Gasteiger partial charge in [-0.3, -0.25) is 0 Å². The molecule has 0 spiro atoms. The minimum absolute atomic E-state index is 0.669. The maximum Gasteiger partial charge on any atom is 0.0656 e. The van der Waals surface area contributed by atoms with Gasteiger partial charge in [0, 0.05) is 18.8 Å². The molecule has 1 aliphatic rings. The van der Waals surface area contributed by atoms with Crippen LogP contribution >= 0.6 is 11.6 Å². The number of hydrogen-bond acceptors (Lipinski definition) is 2. The number of nitrogen functional groups attached to an aromatic ring is 1. The fourth-order valence-corrected chi connectivity index (χ4v) is 2.70. The summed E-state index contributed by atoms with van der Waals surface area (Å²) in [6, 6.07) is 3.99. The molecular weight excluding hydrogens is 232 g/mol. The smallest absolute Gasteiger partial charge is 0.0656 e. The minimum atomic E-state index is 0.669. The van der Waals surface area contributed by atoms with Gasteiger partial charge in [0.25, 0.3) is 0 Å². The van der Waals surface area contributed by atoms with Gasteiger partial charge in [-0.1, -0.05) is 18.5 Å². The lowest BCUT2D eigenvalue weighted by Gasteiger charge is -2.25. The van der Waals surface area contributed by atoms with E-state index in [0.717, 1.165) is 19.0 Å². The van der Waals surface area contributed by atoms with E-state index in [2.05, 4.69) is 18.7 Å². The summed E-state index contributed by atoms with van der Waals surface area (Å²) in [6.45, 7) is 6.70.